The van der Waals surface area contributed by atoms with Gasteiger partial charge < -0.3 is 4.90 Å². The molecule has 0 radical (unpaired) electrons. The molecular formula is C11H10BrNO. The Kier molecular flexibility index (Phi) is 2.68. The summed E-state index contributed by atoms with van der Waals surface area (Å²) in [5.74, 6) is 0.0681. The third kappa shape index (κ3) is 1.87. The molecule has 1 aromatic carbocycles. The van der Waals surface area contributed by atoms with Crippen LogP contribution in [0.15, 0.2) is 40.9 Å². The van der Waals surface area contributed by atoms with Crippen LogP contribution in [0.1, 0.15) is 6.42 Å². The summed E-state index contributed by atoms with van der Waals surface area (Å²) in [5.41, 5.74) is 0.961. The van der Waals surface area contributed by atoms with Gasteiger partial charge >= 0.3 is 0 Å². The molecule has 1 aromatic rings. The second-order valence-electron chi connectivity index (χ2n) is 3.16. The Bertz CT molecular complexity index is 369. The minimum atomic E-state index is 0.0681. The van der Waals surface area contributed by atoms with Crippen LogP contribution in [0.3, 0.4) is 0 Å². The van der Waals surface area contributed by atoms with E-state index < -0.39 is 0 Å². The Balaban J connectivity index is 2.26. The van der Waals surface area contributed by atoms with Gasteiger partial charge in [-0.1, -0.05) is 22.0 Å². The second-order valence-corrected chi connectivity index (χ2v) is 4.07. The van der Waals surface area contributed by atoms with E-state index in [9.17, 15) is 4.79 Å². The number of anilines is 1. The maximum atomic E-state index is 11.5. The Morgan fingerprint density at radius 1 is 1.21 bits per heavy atom. The number of carbonyl (C=O) groups is 1. The molecule has 0 N–H and O–H groups in total. The molecule has 0 unspecified atom stereocenters. The molecule has 1 heterocycles. The van der Waals surface area contributed by atoms with Crippen LogP contribution in [-0.2, 0) is 4.79 Å². The quantitative estimate of drug-likeness (QED) is 0.752. The minimum Gasteiger partial charge on any atom is -0.309 e. The Morgan fingerprint density at radius 3 is 2.57 bits per heavy atom. The Hall–Kier alpha value is -1.09. The van der Waals surface area contributed by atoms with E-state index in [4.69, 9.17) is 0 Å². The summed E-state index contributed by atoms with van der Waals surface area (Å²) in [6.45, 7) is 0.775. The number of carbonyl (C=O) groups excluding carboxylic acids is 1. The van der Waals surface area contributed by atoms with Crippen molar-refractivity contribution in [2.75, 3.05) is 11.4 Å². The molecule has 0 saturated heterocycles. The molecule has 0 saturated carbocycles. The summed E-state index contributed by atoms with van der Waals surface area (Å²) in [7, 11) is 0. The molecule has 2 nitrogen and oxygen atoms in total. The lowest BCUT2D eigenvalue weighted by molar-refractivity contribution is -0.114. The average Bonchev–Trinajstić information content (AvgIpc) is 2.20. The van der Waals surface area contributed by atoms with Crippen LogP contribution in [-0.4, -0.2) is 12.5 Å². The van der Waals surface area contributed by atoms with Gasteiger partial charge in [-0.3, -0.25) is 4.79 Å². The molecule has 1 aliphatic rings. The van der Waals surface area contributed by atoms with E-state index in [2.05, 4.69) is 15.9 Å². The van der Waals surface area contributed by atoms with Crippen molar-refractivity contribution in [1.82, 2.24) is 0 Å². The van der Waals surface area contributed by atoms with E-state index in [1.165, 1.54) is 0 Å². The fourth-order valence-electron chi connectivity index (χ4n) is 1.47. The molecule has 0 bridgehead atoms. The van der Waals surface area contributed by atoms with E-state index >= 15 is 0 Å². The SMILES string of the molecule is O=C1C=CCCN1c1ccc(Br)cc1. The fourth-order valence-corrected chi connectivity index (χ4v) is 1.73. The normalized spacial score (nSPS) is 16.1. The summed E-state index contributed by atoms with van der Waals surface area (Å²) in [6, 6.07) is 7.78. The van der Waals surface area contributed by atoms with E-state index in [1.54, 1.807) is 11.0 Å². The zero-order chi connectivity index (χ0) is 9.97. The number of benzene rings is 1. The number of hydrogen-bond acceptors (Lipinski definition) is 1. The van der Waals surface area contributed by atoms with Crippen molar-refractivity contribution in [2.45, 2.75) is 6.42 Å². The van der Waals surface area contributed by atoms with Gasteiger partial charge in [-0.2, -0.15) is 0 Å². The van der Waals surface area contributed by atoms with Gasteiger partial charge in [-0.05, 0) is 36.8 Å². The van der Waals surface area contributed by atoms with Crippen LogP contribution >= 0.6 is 15.9 Å². The highest BCUT2D eigenvalue weighted by Crippen LogP contribution is 2.20. The van der Waals surface area contributed by atoms with E-state index in [0.29, 0.717) is 0 Å². The highest BCUT2D eigenvalue weighted by molar-refractivity contribution is 9.10. The zero-order valence-corrected chi connectivity index (χ0v) is 9.20. The molecule has 0 fully saturated rings. The predicted molar refractivity (Wildman–Crippen MR) is 60.3 cm³/mol. The average molecular weight is 252 g/mol. The zero-order valence-electron chi connectivity index (χ0n) is 7.61. The number of rotatable bonds is 1. The van der Waals surface area contributed by atoms with Crippen molar-refractivity contribution in [3.05, 3.63) is 40.9 Å². The van der Waals surface area contributed by atoms with Crippen LogP contribution < -0.4 is 4.90 Å². The van der Waals surface area contributed by atoms with Crippen molar-refractivity contribution in [3.8, 4) is 0 Å². The number of halogens is 1. The first-order valence-electron chi connectivity index (χ1n) is 4.51. The number of nitrogens with zero attached hydrogens (tertiary/aromatic N) is 1. The topological polar surface area (TPSA) is 20.3 Å². The standard InChI is InChI=1S/C11H10BrNO/c12-9-4-6-10(7-5-9)13-8-2-1-3-11(13)14/h1,3-7H,2,8H2. The van der Waals surface area contributed by atoms with Crippen molar-refractivity contribution in [3.63, 3.8) is 0 Å². The highest BCUT2D eigenvalue weighted by Gasteiger charge is 2.14. The van der Waals surface area contributed by atoms with Crippen molar-refractivity contribution < 1.29 is 4.79 Å². The van der Waals surface area contributed by atoms with Gasteiger partial charge in [0.15, 0.2) is 0 Å². The van der Waals surface area contributed by atoms with Gasteiger partial charge in [0, 0.05) is 16.7 Å². The molecular weight excluding hydrogens is 242 g/mol. The maximum Gasteiger partial charge on any atom is 0.250 e. The number of hydrogen-bond donors (Lipinski definition) is 0. The Labute approximate surface area is 91.3 Å². The predicted octanol–water partition coefficient (Wildman–Crippen LogP) is 2.74. The smallest absolute Gasteiger partial charge is 0.250 e. The van der Waals surface area contributed by atoms with Gasteiger partial charge in [0.2, 0.25) is 0 Å². The first-order chi connectivity index (χ1) is 6.77. The second kappa shape index (κ2) is 3.96. The highest BCUT2D eigenvalue weighted by atomic mass is 79.9. The third-order valence-corrected chi connectivity index (χ3v) is 2.71. The van der Waals surface area contributed by atoms with Crippen LogP contribution in [0.2, 0.25) is 0 Å². The molecule has 14 heavy (non-hydrogen) atoms. The fraction of sp³-hybridized carbons (Fsp3) is 0.182. The lowest BCUT2D eigenvalue weighted by Crippen LogP contribution is -2.32. The van der Waals surface area contributed by atoms with E-state index in [-0.39, 0.29) is 5.91 Å². The van der Waals surface area contributed by atoms with Gasteiger partial charge in [0.05, 0.1) is 0 Å². The van der Waals surface area contributed by atoms with Crippen LogP contribution in [0.4, 0.5) is 5.69 Å². The summed E-state index contributed by atoms with van der Waals surface area (Å²) >= 11 is 3.37. The monoisotopic (exact) mass is 251 g/mol. The van der Waals surface area contributed by atoms with Crippen molar-refractivity contribution in [1.29, 1.82) is 0 Å². The molecule has 0 atom stereocenters. The van der Waals surface area contributed by atoms with Crippen molar-refractivity contribution >= 4 is 27.5 Å². The summed E-state index contributed by atoms with van der Waals surface area (Å²) < 4.78 is 1.03. The van der Waals surface area contributed by atoms with Crippen LogP contribution in [0, 0.1) is 0 Å². The molecule has 1 amide bonds. The first-order valence-corrected chi connectivity index (χ1v) is 5.30. The lowest BCUT2D eigenvalue weighted by Gasteiger charge is -2.23. The molecule has 0 spiro atoms. The molecule has 0 aliphatic carbocycles. The van der Waals surface area contributed by atoms with Gasteiger partial charge in [0.1, 0.15) is 0 Å². The molecule has 3 heteroatoms. The molecule has 0 aromatic heterocycles. The van der Waals surface area contributed by atoms with Gasteiger partial charge in [0.25, 0.3) is 5.91 Å². The summed E-state index contributed by atoms with van der Waals surface area (Å²) in [5, 5.41) is 0. The molecule has 72 valence electrons. The van der Waals surface area contributed by atoms with E-state index in [0.717, 1.165) is 23.1 Å². The largest absolute Gasteiger partial charge is 0.309 e. The maximum absolute atomic E-state index is 11.5. The molecule has 2 rings (SSSR count). The van der Waals surface area contributed by atoms with Crippen LogP contribution in [0.25, 0.3) is 0 Å². The summed E-state index contributed by atoms with van der Waals surface area (Å²) in [6.07, 6.45) is 4.48. The minimum absolute atomic E-state index is 0.0681. The van der Waals surface area contributed by atoms with Crippen molar-refractivity contribution in [2.24, 2.45) is 0 Å². The molecule has 1 aliphatic heterocycles. The lowest BCUT2D eigenvalue weighted by atomic mass is 10.2. The number of amides is 1. The Morgan fingerprint density at radius 2 is 1.93 bits per heavy atom. The van der Waals surface area contributed by atoms with Crippen LogP contribution in [0.5, 0.6) is 0 Å². The first kappa shape index (κ1) is 9.46. The van der Waals surface area contributed by atoms with E-state index in [1.807, 2.05) is 30.3 Å². The third-order valence-electron chi connectivity index (χ3n) is 2.18. The summed E-state index contributed by atoms with van der Waals surface area (Å²) in [4.78, 5) is 13.3. The van der Waals surface area contributed by atoms with Gasteiger partial charge in [-0.25, -0.2) is 0 Å². The van der Waals surface area contributed by atoms with Gasteiger partial charge in [-0.15, -0.1) is 0 Å².